The van der Waals surface area contributed by atoms with Gasteiger partial charge in [-0.2, -0.15) is 5.10 Å². The molecule has 0 unspecified atom stereocenters. The first kappa shape index (κ1) is 17.4. The number of carbonyl (C=O) groups excluding carboxylic acids is 1. The summed E-state index contributed by atoms with van der Waals surface area (Å²) in [7, 11) is 0. The molecular weight excluding hydrogens is 366 g/mol. The van der Waals surface area contributed by atoms with Crippen LogP contribution in [0.3, 0.4) is 0 Å². The monoisotopic (exact) mass is 383 g/mol. The number of para-hydroxylation sites is 1. The predicted octanol–water partition coefficient (Wildman–Crippen LogP) is 4.11. The van der Waals surface area contributed by atoms with Gasteiger partial charge in [0.25, 0.3) is 5.91 Å². The highest BCUT2D eigenvalue weighted by Gasteiger charge is 2.20. The number of hydrogen-bond acceptors (Lipinski definition) is 4. The highest BCUT2D eigenvalue weighted by Crippen LogP contribution is 2.38. The summed E-state index contributed by atoms with van der Waals surface area (Å²) in [6.07, 6.45) is 2.24. The molecule has 4 rings (SSSR count). The van der Waals surface area contributed by atoms with Crippen LogP contribution >= 0.6 is 11.6 Å². The fourth-order valence-corrected chi connectivity index (χ4v) is 3.25. The molecule has 27 heavy (non-hydrogen) atoms. The number of halogens is 1. The minimum Gasteiger partial charge on any atom is -0.486 e. The van der Waals surface area contributed by atoms with Gasteiger partial charge in [-0.1, -0.05) is 36.7 Å². The first-order valence-corrected chi connectivity index (χ1v) is 9.08. The largest absolute Gasteiger partial charge is 0.486 e. The molecule has 2 heterocycles. The van der Waals surface area contributed by atoms with Crippen molar-refractivity contribution in [3.05, 3.63) is 64.9 Å². The van der Waals surface area contributed by atoms with Crippen molar-refractivity contribution >= 4 is 23.2 Å². The van der Waals surface area contributed by atoms with Gasteiger partial charge in [-0.05, 0) is 18.6 Å². The summed E-state index contributed by atoms with van der Waals surface area (Å²) in [5, 5.41) is 7.64. The number of amides is 1. The Morgan fingerprint density at radius 2 is 1.89 bits per heavy atom. The zero-order valence-electron chi connectivity index (χ0n) is 14.7. The maximum Gasteiger partial charge on any atom is 0.259 e. The summed E-state index contributed by atoms with van der Waals surface area (Å²) in [5.41, 5.74) is 2.71. The highest BCUT2D eigenvalue weighted by atomic mass is 35.5. The molecule has 6 nitrogen and oxygen atoms in total. The van der Waals surface area contributed by atoms with E-state index in [0.717, 1.165) is 11.4 Å². The van der Waals surface area contributed by atoms with E-state index in [-0.39, 0.29) is 5.91 Å². The fourth-order valence-electron chi connectivity index (χ4n) is 3.04. The lowest BCUT2D eigenvalue weighted by atomic mass is 10.1. The lowest BCUT2D eigenvalue weighted by molar-refractivity contribution is 0.102. The van der Waals surface area contributed by atoms with Crippen molar-refractivity contribution in [3.63, 3.8) is 0 Å². The van der Waals surface area contributed by atoms with Gasteiger partial charge in [0.2, 0.25) is 0 Å². The van der Waals surface area contributed by atoms with Gasteiger partial charge in [0.05, 0.1) is 33.9 Å². The number of anilines is 1. The fraction of sp³-hybridized carbons (Fsp3) is 0.200. The van der Waals surface area contributed by atoms with Crippen LogP contribution < -0.4 is 14.8 Å². The number of rotatable bonds is 4. The van der Waals surface area contributed by atoms with Gasteiger partial charge < -0.3 is 14.8 Å². The number of fused-ring (bicyclic) bond motifs is 1. The molecule has 2 aromatic carbocycles. The lowest BCUT2D eigenvalue weighted by Crippen LogP contribution is -2.17. The second-order valence-corrected chi connectivity index (χ2v) is 6.44. The van der Waals surface area contributed by atoms with E-state index in [1.54, 1.807) is 23.0 Å². The molecule has 0 spiro atoms. The van der Waals surface area contributed by atoms with E-state index < -0.39 is 0 Å². The zero-order valence-corrected chi connectivity index (χ0v) is 15.5. The topological polar surface area (TPSA) is 65.4 Å². The summed E-state index contributed by atoms with van der Waals surface area (Å²) in [6, 6.07) is 13.0. The Labute approximate surface area is 161 Å². The first-order valence-electron chi connectivity index (χ1n) is 8.70. The number of carbonyl (C=O) groups is 1. The second-order valence-electron chi connectivity index (χ2n) is 6.04. The van der Waals surface area contributed by atoms with Gasteiger partial charge >= 0.3 is 0 Å². The average molecular weight is 384 g/mol. The Hall–Kier alpha value is -2.99. The van der Waals surface area contributed by atoms with Gasteiger partial charge in [-0.3, -0.25) is 4.79 Å². The zero-order chi connectivity index (χ0) is 18.8. The summed E-state index contributed by atoms with van der Waals surface area (Å²) in [6.45, 7) is 2.93. The molecule has 0 fully saturated rings. The van der Waals surface area contributed by atoms with Crippen LogP contribution in [-0.2, 0) is 6.42 Å². The Kier molecular flexibility index (Phi) is 4.73. The van der Waals surface area contributed by atoms with E-state index >= 15 is 0 Å². The van der Waals surface area contributed by atoms with Crippen LogP contribution in [0.25, 0.3) is 5.69 Å². The van der Waals surface area contributed by atoms with E-state index in [0.29, 0.717) is 47.4 Å². The van der Waals surface area contributed by atoms with Crippen molar-refractivity contribution in [1.82, 2.24) is 9.78 Å². The Morgan fingerprint density at radius 1 is 1.19 bits per heavy atom. The summed E-state index contributed by atoms with van der Waals surface area (Å²) in [5.74, 6) is 0.875. The van der Waals surface area contributed by atoms with Gasteiger partial charge in [0.1, 0.15) is 13.2 Å². The van der Waals surface area contributed by atoms with Gasteiger partial charge in [-0.15, -0.1) is 0 Å². The van der Waals surface area contributed by atoms with E-state index in [2.05, 4.69) is 10.4 Å². The third-order valence-electron chi connectivity index (χ3n) is 4.33. The molecule has 1 aliphatic heterocycles. The van der Waals surface area contributed by atoms with Crippen molar-refractivity contribution < 1.29 is 14.3 Å². The first-order chi connectivity index (χ1) is 13.2. The van der Waals surface area contributed by atoms with E-state index in [1.807, 2.05) is 37.3 Å². The molecule has 0 saturated carbocycles. The number of ether oxygens (including phenoxy) is 2. The molecule has 1 amide bonds. The SMILES string of the molecule is CCc1c(C(=O)Nc2cc3c(cc2Cl)OCCO3)cnn1-c1ccccc1. The molecule has 0 bridgehead atoms. The molecule has 0 saturated heterocycles. The van der Waals surface area contributed by atoms with Crippen LogP contribution in [0.2, 0.25) is 5.02 Å². The maximum atomic E-state index is 12.9. The molecule has 0 aliphatic carbocycles. The number of nitrogens with zero attached hydrogens (tertiary/aromatic N) is 2. The number of benzene rings is 2. The van der Waals surface area contributed by atoms with Crippen molar-refractivity contribution in [2.45, 2.75) is 13.3 Å². The molecule has 0 radical (unpaired) electrons. The molecule has 7 heteroatoms. The number of aromatic nitrogens is 2. The number of hydrogen-bond donors (Lipinski definition) is 1. The van der Waals surface area contributed by atoms with Gasteiger partial charge in [0, 0.05) is 12.1 Å². The van der Waals surface area contributed by atoms with Crippen molar-refractivity contribution in [3.8, 4) is 17.2 Å². The molecule has 1 aliphatic rings. The van der Waals surface area contributed by atoms with Crippen molar-refractivity contribution in [2.24, 2.45) is 0 Å². The minimum absolute atomic E-state index is 0.271. The Morgan fingerprint density at radius 3 is 2.59 bits per heavy atom. The smallest absolute Gasteiger partial charge is 0.259 e. The Balaban J connectivity index is 1.63. The Bertz CT molecular complexity index is 986. The van der Waals surface area contributed by atoms with Crippen LogP contribution in [0.4, 0.5) is 5.69 Å². The molecule has 1 aromatic heterocycles. The molecule has 138 valence electrons. The van der Waals surface area contributed by atoms with E-state index in [9.17, 15) is 4.79 Å². The highest BCUT2D eigenvalue weighted by molar-refractivity contribution is 6.34. The number of nitrogens with one attached hydrogen (secondary N) is 1. The second kappa shape index (κ2) is 7.32. The van der Waals surface area contributed by atoms with E-state index in [4.69, 9.17) is 21.1 Å². The predicted molar refractivity (Wildman–Crippen MR) is 103 cm³/mol. The van der Waals surface area contributed by atoms with Crippen LogP contribution in [0, 0.1) is 0 Å². The minimum atomic E-state index is -0.271. The maximum absolute atomic E-state index is 12.9. The molecule has 1 N–H and O–H groups in total. The lowest BCUT2D eigenvalue weighted by Gasteiger charge is -2.20. The summed E-state index contributed by atoms with van der Waals surface area (Å²) in [4.78, 5) is 12.9. The quantitative estimate of drug-likeness (QED) is 0.736. The third-order valence-corrected chi connectivity index (χ3v) is 4.64. The van der Waals surface area contributed by atoms with Crippen LogP contribution in [0.5, 0.6) is 11.5 Å². The normalized spacial score (nSPS) is 12.7. The van der Waals surface area contributed by atoms with Crippen LogP contribution in [0.15, 0.2) is 48.7 Å². The molecular formula is C20H18ClN3O3. The third kappa shape index (κ3) is 3.36. The molecule has 0 atom stereocenters. The van der Waals surface area contributed by atoms with Gasteiger partial charge in [0.15, 0.2) is 11.5 Å². The van der Waals surface area contributed by atoms with Crippen LogP contribution in [0.1, 0.15) is 23.0 Å². The standard InChI is InChI=1S/C20H18ClN3O3/c1-2-17-14(12-22-24(17)13-6-4-3-5-7-13)20(25)23-16-11-19-18(10-15(16)21)26-8-9-27-19/h3-7,10-12H,2,8-9H2,1H3,(H,23,25). The van der Waals surface area contributed by atoms with E-state index in [1.165, 1.54) is 0 Å². The van der Waals surface area contributed by atoms with Crippen molar-refractivity contribution in [2.75, 3.05) is 18.5 Å². The summed E-state index contributed by atoms with van der Waals surface area (Å²) >= 11 is 6.30. The molecule has 3 aromatic rings. The summed E-state index contributed by atoms with van der Waals surface area (Å²) < 4.78 is 12.8. The average Bonchev–Trinajstić information content (AvgIpc) is 3.13. The van der Waals surface area contributed by atoms with Crippen LogP contribution in [-0.4, -0.2) is 28.9 Å². The van der Waals surface area contributed by atoms with Crippen molar-refractivity contribution in [1.29, 1.82) is 0 Å². The van der Waals surface area contributed by atoms with Gasteiger partial charge in [-0.25, -0.2) is 4.68 Å².